The molecule has 0 aromatic carbocycles. The van der Waals surface area contributed by atoms with Crippen molar-refractivity contribution in [3.05, 3.63) is 22.8 Å². The molecule has 2 rings (SSSR count). The van der Waals surface area contributed by atoms with E-state index < -0.39 is 0 Å². The van der Waals surface area contributed by atoms with Gasteiger partial charge in [0.15, 0.2) is 0 Å². The SMILES string of the molecule is CCN(c1ccc(Br)cn1)C1CCC(N)CC1. The van der Waals surface area contributed by atoms with Crippen LogP contribution in [0.4, 0.5) is 5.82 Å². The van der Waals surface area contributed by atoms with Gasteiger partial charge in [0, 0.05) is 29.3 Å². The van der Waals surface area contributed by atoms with Gasteiger partial charge in [0.25, 0.3) is 0 Å². The molecule has 1 aliphatic rings. The van der Waals surface area contributed by atoms with E-state index in [1.807, 2.05) is 6.20 Å². The van der Waals surface area contributed by atoms with E-state index in [1.165, 1.54) is 12.8 Å². The van der Waals surface area contributed by atoms with Gasteiger partial charge in [-0.15, -0.1) is 0 Å². The van der Waals surface area contributed by atoms with Gasteiger partial charge in [0.05, 0.1) is 0 Å². The van der Waals surface area contributed by atoms with Crippen molar-refractivity contribution in [1.82, 2.24) is 4.98 Å². The van der Waals surface area contributed by atoms with Gasteiger partial charge in [-0.1, -0.05) is 0 Å². The molecule has 0 bridgehead atoms. The van der Waals surface area contributed by atoms with Gasteiger partial charge in [-0.2, -0.15) is 0 Å². The molecule has 1 heterocycles. The fourth-order valence-electron chi connectivity index (χ4n) is 2.56. The Bertz CT molecular complexity index is 344. The average molecular weight is 298 g/mol. The largest absolute Gasteiger partial charge is 0.354 e. The summed E-state index contributed by atoms with van der Waals surface area (Å²) in [5.41, 5.74) is 5.96. The molecule has 0 spiro atoms. The zero-order valence-electron chi connectivity index (χ0n) is 10.3. The minimum absolute atomic E-state index is 0.405. The van der Waals surface area contributed by atoms with E-state index in [4.69, 9.17) is 5.73 Å². The molecule has 17 heavy (non-hydrogen) atoms. The Morgan fingerprint density at radius 3 is 2.59 bits per heavy atom. The molecule has 0 amide bonds. The zero-order chi connectivity index (χ0) is 12.3. The lowest BCUT2D eigenvalue weighted by atomic mass is 9.91. The number of halogens is 1. The maximum absolute atomic E-state index is 5.96. The normalized spacial score (nSPS) is 24.6. The van der Waals surface area contributed by atoms with E-state index in [0.29, 0.717) is 12.1 Å². The molecule has 4 heteroatoms. The van der Waals surface area contributed by atoms with Crippen LogP contribution in [0.2, 0.25) is 0 Å². The molecule has 0 saturated heterocycles. The first-order chi connectivity index (χ1) is 8.20. The predicted octanol–water partition coefficient (Wildman–Crippen LogP) is 2.94. The van der Waals surface area contributed by atoms with Gasteiger partial charge in [-0.05, 0) is 60.7 Å². The molecule has 1 fully saturated rings. The summed E-state index contributed by atoms with van der Waals surface area (Å²) in [6.45, 7) is 3.20. The minimum Gasteiger partial charge on any atom is -0.354 e. The van der Waals surface area contributed by atoms with Crippen molar-refractivity contribution in [1.29, 1.82) is 0 Å². The van der Waals surface area contributed by atoms with Crippen LogP contribution >= 0.6 is 15.9 Å². The zero-order valence-corrected chi connectivity index (χ0v) is 11.9. The number of pyridine rings is 1. The smallest absolute Gasteiger partial charge is 0.128 e. The third-order valence-electron chi connectivity index (χ3n) is 3.53. The topological polar surface area (TPSA) is 42.2 Å². The highest BCUT2D eigenvalue weighted by Crippen LogP contribution is 2.26. The quantitative estimate of drug-likeness (QED) is 0.933. The first kappa shape index (κ1) is 12.8. The third-order valence-corrected chi connectivity index (χ3v) is 4.00. The molecule has 1 saturated carbocycles. The molecular weight excluding hydrogens is 278 g/mol. The van der Waals surface area contributed by atoms with E-state index in [1.54, 1.807) is 0 Å². The molecule has 94 valence electrons. The van der Waals surface area contributed by atoms with Crippen molar-refractivity contribution in [3.63, 3.8) is 0 Å². The van der Waals surface area contributed by atoms with Gasteiger partial charge >= 0.3 is 0 Å². The molecule has 0 atom stereocenters. The Hall–Kier alpha value is -0.610. The number of anilines is 1. The van der Waals surface area contributed by atoms with Crippen molar-refractivity contribution < 1.29 is 0 Å². The second kappa shape index (κ2) is 5.83. The highest BCUT2D eigenvalue weighted by Gasteiger charge is 2.24. The lowest BCUT2D eigenvalue weighted by Gasteiger charge is -2.36. The van der Waals surface area contributed by atoms with E-state index in [9.17, 15) is 0 Å². The molecule has 0 unspecified atom stereocenters. The van der Waals surface area contributed by atoms with E-state index in [0.717, 1.165) is 29.7 Å². The summed E-state index contributed by atoms with van der Waals surface area (Å²) in [7, 11) is 0. The van der Waals surface area contributed by atoms with Crippen molar-refractivity contribution in [3.8, 4) is 0 Å². The molecule has 0 radical (unpaired) electrons. The lowest BCUT2D eigenvalue weighted by Crippen LogP contribution is -2.41. The Labute approximate surface area is 112 Å². The summed E-state index contributed by atoms with van der Waals surface area (Å²) >= 11 is 3.42. The maximum Gasteiger partial charge on any atom is 0.128 e. The van der Waals surface area contributed by atoms with Crippen molar-refractivity contribution in [2.45, 2.75) is 44.7 Å². The average Bonchev–Trinajstić information content (AvgIpc) is 2.35. The highest BCUT2D eigenvalue weighted by atomic mass is 79.9. The monoisotopic (exact) mass is 297 g/mol. The van der Waals surface area contributed by atoms with Crippen LogP contribution in [0.15, 0.2) is 22.8 Å². The number of rotatable bonds is 3. The summed E-state index contributed by atoms with van der Waals surface area (Å²) in [5, 5.41) is 0. The molecule has 1 aromatic heterocycles. The second-order valence-electron chi connectivity index (χ2n) is 4.69. The second-order valence-corrected chi connectivity index (χ2v) is 5.60. The molecule has 1 aromatic rings. The number of hydrogen-bond donors (Lipinski definition) is 1. The number of aromatic nitrogens is 1. The number of nitrogens with zero attached hydrogens (tertiary/aromatic N) is 2. The minimum atomic E-state index is 0.405. The van der Waals surface area contributed by atoms with E-state index in [-0.39, 0.29) is 0 Å². The summed E-state index contributed by atoms with van der Waals surface area (Å²) in [4.78, 5) is 6.89. The third kappa shape index (κ3) is 3.19. The van der Waals surface area contributed by atoms with E-state index >= 15 is 0 Å². The summed E-state index contributed by atoms with van der Waals surface area (Å²) in [5.74, 6) is 1.08. The first-order valence-corrected chi connectivity index (χ1v) is 7.13. The van der Waals surface area contributed by atoms with Crippen LogP contribution in [-0.2, 0) is 0 Å². The van der Waals surface area contributed by atoms with Crippen LogP contribution in [0.3, 0.4) is 0 Å². The highest BCUT2D eigenvalue weighted by molar-refractivity contribution is 9.10. The molecule has 0 aliphatic heterocycles. The maximum atomic E-state index is 5.96. The Morgan fingerprint density at radius 1 is 1.35 bits per heavy atom. The molecule has 2 N–H and O–H groups in total. The standard InChI is InChI=1S/C13H20BrN3/c1-2-17(12-6-4-11(15)5-7-12)13-8-3-10(14)9-16-13/h3,8-9,11-12H,2,4-7,15H2,1H3. The van der Waals surface area contributed by atoms with E-state index in [2.05, 4.69) is 44.9 Å². The Morgan fingerprint density at radius 2 is 2.06 bits per heavy atom. The van der Waals surface area contributed by atoms with Crippen LogP contribution in [-0.4, -0.2) is 23.6 Å². The van der Waals surface area contributed by atoms with Gasteiger partial charge in [-0.25, -0.2) is 4.98 Å². The van der Waals surface area contributed by atoms with Crippen LogP contribution in [0.5, 0.6) is 0 Å². The fourth-order valence-corrected chi connectivity index (χ4v) is 2.79. The Balaban J connectivity index is 2.08. The van der Waals surface area contributed by atoms with Crippen LogP contribution in [0, 0.1) is 0 Å². The Kier molecular flexibility index (Phi) is 4.40. The van der Waals surface area contributed by atoms with Crippen LogP contribution in [0.1, 0.15) is 32.6 Å². The number of hydrogen-bond acceptors (Lipinski definition) is 3. The summed E-state index contributed by atoms with van der Waals surface area (Å²) in [6.07, 6.45) is 6.52. The number of nitrogens with two attached hydrogens (primary N) is 1. The van der Waals surface area contributed by atoms with Gasteiger partial charge < -0.3 is 10.6 Å². The van der Waals surface area contributed by atoms with Crippen molar-refractivity contribution >= 4 is 21.7 Å². The van der Waals surface area contributed by atoms with Crippen molar-refractivity contribution in [2.75, 3.05) is 11.4 Å². The van der Waals surface area contributed by atoms with Gasteiger partial charge in [-0.3, -0.25) is 0 Å². The predicted molar refractivity (Wildman–Crippen MR) is 75.2 cm³/mol. The molecule has 1 aliphatic carbocycles. The first-order valence-electron chi connectivity index (χ1n) is 6.34. The lowest BCUT2D eigenvalue weighted by molar-refractivity contribution is 0.377. The van der Waals surface area contributed by atoms with Gasteiger partial charge in [0.1, 0.15) is 5.82 Å². The van der Waals surface area contributed by atoms with Crippen LogP contribution < -0.4 is 10.6 Å². The summed E-state index contributed by atoms with van der Waals surface area (Å²) < 4.78 is 1.03. The fraction of sp³-hybridized carbons (Fsp3) is 0.615. The molecular formula is C13H20BrN3. The summed E-state index contributed by atoms with van der Waals surface area (Å²) in [6, 6.07) is 5.15. The van der Waals surface area contributed by atoms with Gasteiger partial charge in [0.2, 0.25) is 0 Å². The molecule has 3 nitrogen and oxygen atoms in total. The van der Waals surface area contributed by atoms with Crippen molar-refractivity contribution in [2.24, 2.45) is 5.73 Å². The van der Waals surface area contributed by atoms with Crippen LogP contribution in [0.25, 0.3) is 0 Å².